The predicted octanol–water partition coefficient (Wildman–Crippen LogP) is 5.45. The van der Waals surface area contributed by atoms with Crippen LogP contribution in [0.15, 0.2) is 42.6 Å². The van der Waals surface area contributed by atoms with Crippen LogP contribution in [-0.2, 0) is 28.5 Å². The number of nitrogens with one attached hydrogen (secondary N) is 2. The van der Waals surface area contributed by atoms with Gasteiger partial charge in [-0.3, -0.25) is 4.79 Å². The molecule has 1 aliphatic carbocycles. The molecule has 0 fully saturated rings. The minimum Gasteiger partial charge on any atom is -0.452 e. The zero-order valence-corrected chi connectivity index (χ0v) is 19.1. The number of aromatic nitrogens is 1. The number of nitrogens with zero attached hydrogens (tertiary/aromatic N) is 2. The first-order valence-electron chi connectivity index (χ1n) is 10.7. The quantitative estimate of drug-likeness (QED) is 0.436. The summed E-state index contributed by atoms with van der Waals surface area (Å²) in [5.41, 5.74) is 0.588. The van der Waals surface area contributed by atoms with Crippen molar-refractivity contribution >= 4 is 39.7 Å². The second-order valence-electron chi connectivity index (χ2n) is 7.75. The van der Waals surface area contributed by atoms with Crippen molar-refractivity contribution in [1.82, 2.24) is 4.98 Å². The number of carbonyl (C=O) groups excluding carboxylic acids is 2. The highest BCUT2D eigenvalue weighted by Gasteiger charge is 2.30. The standard InChI is InChI=1S/C24H19F3N4O3S/c25-24(26,27)14-5-3-6-15(11-14)30-21-17(8-4-10-29-21)23(33)34-13-20(32)31-22-18(12-28)16-7-1-2-9-19(16)35-22/h3-6,8,10-11H,1-2,7,9,13H2,(H,29,30)(H,31,32). The third kappa shape index (κ3) is 5.60. The number of benzene rings is 1. The Morgan fingerprint density at radius 1 is 1.17 bits per heavy atom. The van der Waals surface area contributed by atoms with E-state index in [9.17, 15) is 28.0 Å². The molecule has 3 aromatic rings. The largest absolute Gasteiger partial charge is 0.452 e. The van der Waals surface area contributed by atoms with Crippen LogP contribution in [-0.4, -0.2) is 23.5 Å². The number of thiophene rings is 1. The number of esters is 1. The number of ether oxygens (including phenoxy) is 1. The van der Waals surface area contributed by atoms with Gasteiger partial charge in [0.1, 0.15) is 22.5 Å². The fourth-order valence-corrected chi connectivity index (χ4v) is 4.98. The Balaban J connectivity index is 1.42. The lowest BCUT2D eigenvalue weighted by Gasteiger charge is -2.12. The number of nitriles is 1. The molecule has 180 valence electrons. The van der Waals surface area contributed by atoms with Crippen LogP contribution in [0.3, 0.4) is 0 Å². The number of amides is 1. The van der Waals surface area contributed by atoms with Gasteiger partial charge >= 0.3 is 12.1 Å². The molecular weight excluding hydrogens is 481 g/mol. The van der Waals surface area contributed by atoms with Crippen molar-refractivity contribution in [3.8, 4) is 6.07 Å². The summed E-state index contributed by atoms with van der Waals surface area (Å²) in [7, 11) is 0. The number of alkyl halides is 3. The minimum absolute atomic E-state index is 0.0186. The molecule has 0 bridgehead atoms. The van der Waals surface area contributed by atoms with Crippen molar-refractivity contribution < 1.29 is 27.5 Å². The normalized spacial score (nSPS) is 12.9. The lowest BCUT2D eigenvalue weighted by atomic mass is 9.96. The first-order chi connectivity index (χ1) is 16.8. The lowest BCUT2D eigenvalue weighted by Crippen LogP contribution is -2.21. The summed E-state index contributed by atoms with van der Waals surface area (Å²) in [6.45, 7) is -0.607. The average molecular weight is 501 g/mol. The summed E-state index contributed by atoms with van der Waals surface area (Å²) in [5, 5.41) is 15.3. The molecule has 4 rings (SSSR count). The van der Waals surface area contributed by atoms with E-state index in [2.05, 4.69) is 21.7 Å². The van der Waals surface area contributed by atoms with Crippen molar-refractivity contribution in [3.05, 3.63) is 69.7 Å². The highest BCUT2D eigenvalue weighted by atomic mass is 32.1. The second kappa shape index (κ2) is 10.1. The molecule has 11 heteroatoms. The molecule has 7 nitrogen and oxygen atoms in total. The molecule has 1 aliphatic rings. The van der Waals surface area contributed by atoms with Crippen LogP contribution in [0.4, 0.5) is 29.7 Å². The topological polar surface area (TPSA) is 104 Å². The van der Waals surface area contributed by atoms with E-state index in [4.69, 9.17) is 4.74 Å². The molecule has 2 N–H and O–H groups in total. The van der Waals surface area contributed by atoms with Crippen LogP contribution in [0.5, 0.6) is 0 Å². The van der Waals surface area contributed by atoms with Crippen LogP contribution < -0.4 is 10.6 Å². The van der Waals surface area contributed by atoms with Gasteiger partial charge in [-0.1, -0.05) is 6.07 Å². The van der Waals surface area contributed by atoms with E-state index in [1.165, 1.54) is 41.8 Å². The number of hydrogen-bond donors (Lipinski definition) is 2. The van der Waals surface area contributed by atoms with Crippen LogP contribution in [0.25, 0.3) is 0 Å². The third-order valence-corrected chi connectivity index (χ3v) is 6.56. The van der Waals surface area contributed by atoms with Crippen LogP contribution in [0.1, 0.15) is 44.8 Å². The Hall–Kier alpha value is -3.91. The Morgan fingerprint density at radius 3 is 2.74 bits per heavy atom. The number of aryl methyl sites for hydroxylation is 1. The van der Waals surface area contributed by atoms with Gasteiger partial charge in [-0.2, -0.15) is 18.4 Å². The molecule has 0 saturated heterocycles. The van der Waals surface area contributed by atoms with Gasteiger partial charge < -0.3 is 15.4 Å². The van der Waals surface area contributed by atoms with E-state index in [1.807, 2.05) is 0 Å². The van der Waals surface area contributed by atoms with Gasteiger partial charge in [0.25, 0.3) is 5.91 Å². The molecule has 1 amide bonds. The zero-order valence-electron chi connectivity index (χ0n) is 18.2. The number of hydrogen-bond acceptors (Lipinski definition) is 7. The lowest BCUT2D eigenvalue weighted by molar-refractivity contribution is -0.137. The first kappa shape index (κ1) is 24.2. The third-order valence-electron chi connectivity index (χ3n) is 5.35. The van der Waals surface area contributed by atoms with Gasteiger partial charge in [0.05, 0.1) is 11.1 Å². The van der Waals surface area contributed by atoms with E-state index < -0.39 is 30.2 Å². The van der Waals surface area contributed by atoms with Gasteiger partial charge in [-0.05, 0) is 61.6 Å². The van der Waals surface area contributed by atoms with Gasteiger partial charge in [0.2, 0.25) is 0 Å². The first-order valence-corrected chi connectivity index (χ1v) is 11.5. The molecule has 0 aliphatic heterocycles. The van der Waals surface area contributed by atoms with Gasteiger partial charge in [-0.25, -0.2) is 9.78 Å². The number of rotatable bonds is 6. The Labute approximate surface area is 202 Å². The fourth-order valence-electron chi connectivity index (χ4n) is 3.72. The van der Waals surface area contributed by atoms with Gasteiger partial charge in [-0.15, -0.1) is 11.3 Å². The number of carbonyl (C=O) groups is 2. The van der Waals surface area contributed by atoms with Crippen molar-refractivity contribution in [3.63, 3.8) is 0 Å². The summed E-state index contributed by atoms with van der Waals surface area (Å²) in [6, 6.07) is 9.44. The van der Waals surface area contributed by atoms with Crippen molar-refractivity contribution in [2.45, 2.75) is 31.9 Å². The monoisotopic (exact) mass is 500 g/mol. The Morgan fingerprint density at radius 2 is 1.97 bits per heavy atom. The Kier molecular flexibility index (Phi) is 7.02. The molecule has 35 heavy (non-hydrogen) atoms. The van der Waals surface area contributed by atoms with E-state index in [-0.39, 0.29) is 17.1 Å². The van der Waals surface area contributed by atoms with Gasteiger partial charge in [0.15, 0.2) is 6.61 Å². The summed E-state index contributed by atoms with van der Waals surface area (Å²) >= 11 is 1.36. The van der Waals surface area contributed by atoms with Crippen molar-refractivity contribution in [1.29, 1.82) is 5.26 Å². The molecular formula is C24H19F3N4O3S. The molecule has 0 saturated carbocycles. The number of pyridine rings is 1. The van der Waals surface area contributed by atoms with E-state index in [0.29, 0.717) is 10.6 Å². The fraction of sp³-hybridized carbons (Fsp3) is 0.250. The second-order valence-corrected chi connectivity index (χ2v) is 8.86. The highest BCUT2D eigenvalue weighted by Crippen LogP contribution is 2.37. The van der Waals surface area contributed by atoms with Crippen LogP contribution >= 0.6 is 11.3 Å². The number of fused-ring (bicyclic) bond motifs is 1. The van der Waals surface area contributed by atoms with Crippen LogP contribution in [0.2, 0.25) is 0 Å². The summed E-state index contributed by atoms with van der Waals surface area (Å²) in [5.74, 6) is -1.51. The summed E-state index contributed by atoms with van der Waals surface area (Å²) < 4.78 is 44.1. The van der Waals surface area contributed by atoms with E-state index >= 15 is 0 Å². The van der Waals surface area contributed by atoms with E-state index in [0.717, 1.165) is 48.3 Å². The zero-order chi connectivity index (χ0) is 25.0. The SMILES string of the molecule is N#Cc1c(NC(=O)COC(=O)c2cccnc2Nc2cccc(C(F)(F)F)c2)sc2c1CCCC2. The van der Waals surface area contributed by atoms with Crippen molar-refractivity contribution in [2.24, 2.45) is 0 Å². The minimum atomic E-state index is -4.52. The maximum Gasteiger partial charge on any atom is 0.416 e. The van der Waals surface area contributed by atoms with E-state index in [1.54, 1.807) is 0 Å². The van der Waals surface area contributed by atoms with Crippen molar-refractivity contribution in [2.75, 3.05) is 17.2 Å². The maximum atomic E-state index is 13.0. The average Bonchev–Trinajstić information content (AvgIpc) is 3.19. The molecule has 0 atom stereocenters. The maximum absolute atomic E-state index is 13.0. The predicted molar refractivity (Wildman–Crippen MR) is 124 cm³/mol. The Bertz CT molecular complexity index is 1310. The molecule has 2 heterocycles. The smallest absolute Gasteiger partial charge is 0.416 e. The molecule has 0 spiro atoms. The molecule has 2 aromatic heterocycles. The summed E-state index contributed by atoms with van der Waals surface area (Å²) in [4.78, 5) is 30.1. The highest BCUT2D eigenvalue weighted by molar-refractivity contribution is 7.16. The molecule has 0 radical (unpaired) electrons. The summed E-state index contributed by atoms with van der Waals surface area (Å²) in [6.07, 6.45) is 0.521. The molecule has 0 unspecified atom stereocenters. The van der Waals surface area contributed by atoms with Gasteiger partial charge in [0, 0.05) is 16.8 Å². The molecule has 1 aromatic carbocycles. The number of halogens is 3. The number of anilines is 3. The van der Waals surface area contributed by atoms with Crippen LogP contribution in [0, 0.1) is 11.3 Å².